The summed E-state index contributed by atoms with van der Waals surface area (Å²) in [5.41, 5.74) is 0. The second-order valence-corrected chi connectivity index (χ2v) is 17.3. The minimum atomic E-state index is -5.11. The summed E-state index contributed by atoms with van der Waals surface area (Å²) in [4.78, 5) is 35.6. The van der Waals surface area contributed by atoms with E-state index in [2.05, 4.69) is 26.0 Å². The third-order valence-corrected chi connectivity index (χ3v) is 11.6. The van der Waals surface area contributed by atoms with Crippen molar-refractivity contribution >= 4 is 19.8 Å². The van der Waals surface area contributed by atoms with Gasteiger partial charge in [-0.25, -0.2) is 4.57 Å². The van der Waals surface area contributed by atoms with Gasteiger partial charge in [0.05, 0.1) is 6.61 Å². The predicted molar refractivity (Wildman–Crippen MR) is 221 cm³/mol. The Labute approximate surface area is 343 Å². The number of unbranched alkanes of at least 4 members (excludes halogenated alkanes) is 23. The van der Waals surface area contributed by atoms with Crippen molar-refractivity contribution in [2.24, 2.45) is 0 Å². The molecule has 0 saturated heterocycles. The summed E-state index contributed by atoms with van der Waals surface area (Å²) in [5, 5.41) is 50.1. The molecule has 0 radical (unpaired) electrons. The van der Waals surface area contributed by atoms with Gasteiger partial charge < -0.3 is 39.9 Å². The summed E-state index contributed by atoms with van der Waals surface area (Å²) in [6.07, 6.45) is 21.3. The van der Waals surface area contributed by atoms with E-state index in [0.29, 0.717) is 12.8 Å². The van der Waals surface area contributed by atoms with Gasteiger partial charge in [-0.2, -0.15) is 0 Å². The van der Waals surface area contributed by atoms with Gasteiger partial charge in [0.2, 0.25) is 0 Å². The minimum Gasteiger partial charge on any atom is -0.462 e. The van der Waals surface area contributed by atoms with Crippen LogP contribution in [0, 0.1) is 0 Å². The van der Waals surface area contributed by atoms with Gasteiger partial charge in [0.1, 0.15) is 43.2 Å². The second-order valence-electron chi connectivity index (χ2n) is 15.9. The van der Waals surface area contributed by atoms with Gasteiger partial charge in [-0.15, -0.1) is 0 Å². The molecule has 0 spiro atoms. The molecular weight excluding hydrogens is 755 g/mol. The molecule has 0 amide bonds. The lowest BCUT2D eigenvalue weighted by Crippen LogP contribution is -2.64. The number of aliphatic hydroxyl groups is 5. The minimum absolute atomic E-state index is 0.100. The quantitative estimate of drug-likeness (QED) is 0.0151. The first-order valence-corrected chi connectivity index (χ1v) is 24.0. The molecule has 6 atom stereocenters. The van der Waals surface area contributed by atoms with Crippen molar-refractivity contribution in [3.05, 3.63) is 12.2 Å². The van der Waals surface area contributed by atoms with E-state index in [-0.39, 0.29) is 12.8 Å². The summed E-state index contributed by atoms with van der Waals surface area (Å²) in [7, 11) is -5.11. The molecule has 0 bridgehead atoms. The Kier molecular flexibility index (Phi) is 32.3. The molecule has 0 aliphatic heterocycles. The molecule has 6 unspecified atom stereocenters. The van der Waals surface area contributed by atoms with E-state index in [9.17, 15) is 44.6 Å². The number of phosphoric ester groups is 1. The molecular formula is C43H81O13P. The van der Waals surface area contributed by atoms with E-state index in [0.717, 1.165) is 57.8 Å². The van der Waals surface area contributed by atoms with E-state index in [1.165, 1.54) is 96.3 Å². The SMILES string of the molecule is CCCCCCC=CCCCCCCCC(=O)OCC(COP(=O)(O)OC1C(O)C(O)C(O)C(O)C1O)OC(=O)CCCCCCCCCCCCCCCCC. The predicted octanol–water partition coefficient (Wildman–Crippen LogP) is 8.28. The van der Waals surface area contributed by atoms with Gasteiger partial charge in [0.25, 0.3) is 0 Å². The topological polar surface area (TPSA) is 210 Å². The summed E-state index contributed by atoms with van der Waals surface area (Å²) >= 11 is 0. The molecule has 0 aromatic rings. The van der Waals surface area contributed by atoms with Gasteiger partial charge in [-0.1, -0.05) is 154 Å². The van der Waals surface area contributed by atoms with E-state index in [1.807, 2.05) is 0 Å². The molecule has 57 heavy (non-hydrogen) atoms. The number of aliphatic hydroxyl groups excluding tert-OH is 5. The molecule has 6 N–H and O–H groups in total. The van der Waals surface area contributed by atoms with Crippen LogP contribution in [0.1, 0.15) is 194 Å². The molecule has 1 saturated carbocycles. The highest BCUT2D eigenvalue weighted by atomic mass is 31.2. The molecule has 1 fully saturated rings. The van der Waals surface area contributed by atoms with Crippen LogP contribution in [-0.2, 0) is 32.7 Å². The van der Waals surface area contributed by atoms with Crippen molar-refractivity contribution in [1.82, 2.24) is 0 Å². The van der Waals surface area contributed by atoms with E-state index >= 15 is 0 Å². The third-order valence-electron chi connectivity index (χ3n) is 10.6. The van der Waals surface area contributed by atoms with Crippen molar-refractivity contribution in [2.75, 3.05) is 13.2 Å². The standard InChI is InChI=1S/C43H81O13P/c1-3-5-7-9-11-13-15-17-18-20-22-24-26-28-30-32-37(45)55-35(34-54-57(51,52)56-43-41(49)39(47)38(46)40(48)42(43)50)33-53-36(44)31-29-27-25-23-21-19-16-14-12-10-8-6-4-2/h14,16,35,38-43,46-50H,3-13,15,17-34H2,1-2H3,(H,51,52). The molecule has 336 valence electrons. The monoisotopic (exact) mass is 837 g/mol. The highest BCUT2D eigenvalue weighted by molar-refractivity contribution is 7.47. The van der Waals surface area contributed by atoms with E-state index < -0.39 is 75.7 Å². The number of allylic oxidation sites excluding steroid dienone is 2. The van der Waals surface area contributed by atoms with E-state index in [4.69, 9.17) is 18.5 Å². The number of rotatable bonds is 37. The summed E-state index contributed by atoms with van der Waals surface area (Å²) in [6.45, 7) is 3.28. The average Bonchev–Trinajstić information content (AvgIpc) is 3.19. The van der Waals surface area contributed by atoms with Crippen LogP contribution in [0.25, 0.3) is 0 Å². The maximum Gasteiger partial charge on any atom is 0.472 e. The first-order chi connectivity index (χ1) is 27.4. The highest BCUT2D eigenvalue weighted by Gasteiger charge is 2.51. The number of hydrogen-bond donors (Lipinski definition) is 6. The lowest BCUT2D eigenvalue weighted by Gasteiger charge is -2.41. The van der Waals surface area contributed by atoms with Crippen LogP contribution in [0.5, 0.6) is 0 Å². The number of ether oxygens (including phenoxy) is 2. The molecule has 1 aliphatic rings. The molecule has 14 heteroatoms. The van der Waals surface area contributed by atoms with Crippen LogP contribution in [0.3, 0.4) is 0 Å². The van der Waals surface area contributed by atoms with E-state index in [1.54, 1.807) is 0 Å². The van der Waals surface area contributed by atoms with Crippen LogP contribution in [-0.4, -0.2) is 98.3 Å². The molecule has 1 rings (SSSR count). The summed E-state index contributed by atoms with van der Waals surface area (Å²) in [6, 6.07) is 0. The van der Waals surface area contributed by atoms with Crippen molar-refractivity contribution < 1.29 is 63.1 Å². The fourth-order valence-electron chi connectivity index (χ4n) is 6.93. The molecule has 0 aromatic carbocycles. The Bertz CT molecular complexity index is 1060. The Balaban J connectivity index is 2.47. The maximum absolute atomic E-state index is 12.8. The third kappa shape index (κ3) is 27.1. The van der Waals surface area contributed by atoms with Crippen molar-refractivity contribution in [3.8, 4) is 0 Å². The largest absolute Gasteiger partial charge is 0.472 e. The Morgan fingerprint density at radius 2 is 0.895 bits per heavy atom. The molecule has 13 nitrogen and oxygen atoms in total. The van der Waals surface area contributed by atoms with Crippen LogP contribution in [0.2, 0.25) is 0 Å². The molecule has 0 heterocycles. The van der Waals surface area contributed by atoms with Crippen LogP contribution >= 0.6 is 7.82 Å². The molecule has 1 aliphatic carbocycles. The van der Waals surface area contributed by atoms with Crippen LogP contribution in [0.15, 0.2) is 12.2 Å². The number of hydrogen-bond acceptors (Lipinski definition) is 12. The summed E-state index contributed by atoms with van der Waals surface area (Å²) in [5.74, 6) is -1.10. The Morgan fingerprint density at radius 3 is 1.35 bits per heavy atom. The smallest absolute Gasteiger partial charge is 0.462 e. The van der Waals surface area contributed by atoms with Crippen molar-refractivity contribution in [2.45, 2.75) is 236 Å². The van der Waals surface area contributed by atoms with Crippen LogP contribution < -0.4 is 0 Å². The first-order valence-electron chi connectivity index (χ1n) is 22.5. The first kappa shape index (κ1) is 53.6. The number of carbonyl (C=O) groups is 2. The summed E-state index contributed by atoms with van der Waals surface area (Å²) < 4.78 is 33.5. The lowest BCUT2D eigenvalue weighted by molar-refractivity contribution is -0.220. The van der Waals surface area contributed by atoms with Gasteiger partial charge in [-0.05, 0) is 38.5 Å². The Morgan fingerprint density at radius 1 is 0.526 bits per heavy atom. The van der Waals surface area contributed by atoms with Gasteiger partial charge in [0, 0.05) is 12.8 Å². The van der Waals surface area contributed by atoms with Crippen molar-refractivity contribution in [1.29, 1.82) is 0 Å². The lowest BCUT2D eigenvalue weighted by atomic mass is 9.85. The van der Waals surface area contributed by atoms with Gasteiger partial charge in [-0.3, -0.25) is 18.6 Å². The zero-order chi connectivity index (χ0) is 42.2. The van der Waals surface area contributed by atoms with Gasteiger partial charge in [0.15, 0.2) is 6.10 Å². The van der Waals surface area contributed by atoms with Gasteiger partial charge >= 0.3 is 19.8 Å². The average molecular weight is 837 g/mol. The zero-order valence-electron chi connectivity index (χ0n) is 35.4. The van der Waals surface area contributed by atoms with Crippen LogP contribution in [0.4, 0.5) is 0 Å². The Hall–Kier alpha value is -1.41. The molecule has 0 aromatic heterocycles. The normalized spacial score (nSPS) is 22.7. The second kappa shape index (κ2) is 34.3. The fraction of sp³-hybridized carbons (Fsp3) is 0.907. The number of phosphoric acid groups is 1. The number of esters is 2. The maximum atomic E-state index is 12.8. The van der Waals surface area contributed by atoms with Crippen molar-refractivity contribution in [3.63, 3.8) is 0 Å². The fourth-order valence-corrected chi connectivity index (χ4v) is 7.90. The highest BCUT2D eigenvalue weighted by Crippen LogP contribution is 2.47. The number of carbonyl (C=O) groups excluding carboxylic acids is 2. The zero-order valence-corrected chi connectivity index (χ0v) is 36.3.